The third kappa shape index (κ3) is 5.25. The Morgan fingerprint density at radius 3 is 2.56 bits per heavy atom. The van der Waals surface area contributed by atoms with Crippen molar-refractivity contribution in [3.63, 3.8) is 0 Å². The maximum Gasteiger partial charge on any atom is 1.00 e. The Morgan fingerprint density at radius 1 is 1.22 bits per heavy atom. The number of halogens is 2. The monoisotopic (exact) mass is 445 g/mol. The van der Waals surface area contributed by atoms with Crippen LogP contribution in [0.25, 0.3) is 11.0 Å². The maximum atomic E-state index is 14.3. The Kier molecular flexibility index (Phi) is 8.69. The summed E-state index contributed by atoms with van der Waals surface area (Å²) in [6, 6.07) is 10.6. The van der Waals surface area contributed by atoms with Crippen LogP contribution in [0.4, 0.5) is 14.6 Å². The molecule has 1 N–H and O–H groups in total. The van der Waals surface area contributed by atoms with E-state index in [1.807, 2.05) is 19.9 Å². The molecule has 1 fully saturated rings. The molecule has 3 aromatic rings. The minimum atomic E-state index is -2.89. The van der Waals surface area contributed by atoms with Crippen LogP contribution in [0.3, 0.4) is 0 Å². The van der Waals surface area contributed by atoms with E-state index in [9.17, 15) is 14.0 Å². The van der Waals surface area contributed by atoms with Gasteiger partial charge in [-0.2, -0.15) is 11.3 Å². The van der Waals surface area contributed by atoms with Gasteiger partial charge in [-0.15, -0.1) is 5.56 Å². The number of hydrogen-bond donors (Lipinski definition) is 1. The van der Waals surface area contributed by atoms with Crippen LogP contribution >= 0.6 is 0 Å². The van der Waals surface area contributed by atoms with Gasteiger partial charge in [-0.3, -0.25) is 4.98 Å². The molecule has 0 saturated heterocycles. The fourth-order valence-corrected chi connectivity index (χ4v) is 3.26. The minimum absolute atomic E-state index is 0. The van der Waals surface area contributed by atoms with Crippen LogP contribution < -0.4 is 34.9 Å². The summed E-state index contributed by atoms with van der Waals surface area (Å²) in [5, 5.41) is 13.3. The summed E-state index contributed by atoms with van der Waals surface area (Å²) in [6.45, 7) is 7.34. The quantitative estimate of drug-likeness (QED) is 0.467. The number of nitrogens with zero attached hydrogens (tertiary/aromatic N) is 4. The van der Waals surface area contributed by atoms with Gasteiger partial charge >= 0.3 is 29.6 Å². The zero-order chi connectivity index (χ0) is 22.6. The average Bonchev–Trinajstić information content (AvgIpc) is 3.60. The van der Waals surface area contributed by atoms with Crippen LogP contribution in [0, 0.1) is 23.4 Å². The summed E-state index contributed by atoms with van der Waals surface area (Å²) >= 11 is 0. The number of rotatable bonds is 6. The van der Waals surface area contributed by atoms with Gasteiger partial charge < -0.3 is 10.3 Å². The molecule has 5 nitrogen and oxygen atoms in total. The van der Waals surface area contributed by atoms with E-state index >= 15 is 0 Å². The number of aromatic nitrogens is 3. The topological polar surface area (TPSA) is 74.5 Å². The summed E-state index contributed by atoms with van der Waals surface area (Å²) in [7, 11) is 0. The van der Waals surface area contributed by atoms with Crippen LogP contribution in [0.2, 0.25) is 0 Å². The molecule has 0 atom stereocenters. The fourth-order valence-electron chi connectivity index (χ4n) is 3.26. The van der Waals surface area contributed by atoms with Crippen molar-refractivity contribution < 1.29 is 38.3 Å². The van der Waals surface area contributed by atoms with Gasteiger partial charge in [-0.25, -0.2) is 13.8 Å². The molecule has 0 unspecified atom stereocenters. The molecule has 162 valence electrons. The number of hydrogen-bond acceptors (Lipinski definition) is 5. The van der Waals surface area contributed by atoms with Gasteiger partial charge in [0, 0.05) is 18.0 Å². The van der Waals surface area contributed by atoms with E-state index < -0.39 is 17.3 Å². The number of anilines is 1. The maximum absolute atomic E-state index is 14.3. The normalized spacial score (nSPS) is 14.1. The van der Waals surface area contributed by atoms with Crippen molar-refractivity contribution in [2.45, 2.75) is 58.4 Å². The van der Waals surface area contributed by atoms with E-state index in [-0.39, 0.29) is 35.1 Å². The van der Waals surface area contributed by atoms with E-state index in [1.165, 1.54) is 32.3 Å². The Labute approximate surface area is 210 Å². The largest absolute Gasteiger partial charge is 1.00 e. The average molecular weight is 445 g/mol. The first-order valence-electron chi connectivity index (χ1n) is 10.5. The van der Waals surface area contributed by atoms with Gasteiger partial charge in [-0.05, 0) is 29.9 Å². The molecule has 2 aromatic heterocycles. The van der Waals surface area contributed by atoms with Gasteiger partial charge in [0.1, 0.15) is 12.1 Å². The van der Waals surface area contributed by atoms with E-state index in [4.69, 9.17) is 0 Å². The second-order valence-corrected chi connectivity index (χ2v) is 7.77. The second-order valence-electron chi connectivity index (χ2n) is 7.77. The third-order valence-corrected chi connectivity index (χ3v) is 5.41. The van der Waals surface area contributed by atoms with Crippen molar-refractivity contribution in [3.05, 3.63) is 59.5 Å². The predicted molar refractivity (Wildman–Crippen MR) is 117 cm³/mol. The molecule has 0 spiro atoms. The summed E-state index contributed by atoms with van der Waals surface area (Å²) in [6.07, 6.45) is 5.91. The summed E-state index contributed by atoms with van der Waals surface area (Å²) in [5.74, 6) is -3.12. The molecule has 0 radical (unpaired) electrons. The second kappa shape index (κ2) is 10.7. The van der Waals surface area contributed by atoms with Crippen LogP contribution in [0.5, 0.6) is 0 Å². The van der Waals surface area contributed by atoms with Crippen LogP contribution in [-0.2, 0) is 17.9 Å². The Balaban J connectivity index is 0.00000118. The number of benzene rings is 1. The predicted octanol–water partition coefficient (Wildman–Crippen LogP) is 2.77. The van der Waals surface area contributed by atoms with Crippen molar-refractivity contribution in [2.75, 3.05) is 5.32 Å². The van der Waals surface area contributed by atoms with Crippen molar-refractivity contribution >= 4 is 16.9 Å². The van der Waals surface area contributed by atoms with E-state index in [2.05, 4.69) is 32.5 Å². The number of nitriles is 1. The molecule has 0 aliphatic heterocycles. The van der Waals surface area contributed by atoms with E-state index in [1.54, 1.807) is 12.1 Å². The van der Waals surface area contributed by atoms with E-state index in [0.29, 0.717) is 23.4 Å². The third-order valence-electron chi connectivity index (χ3n) is 5.41. The van der Waals surface area contributed by atoms with Crippen molar-refractivity contribution in [1.82, 2.24) is 15.0 Å². The molecule has 0 amide bonds. The Bertz CT molecular complexity index is 1110. The van der Waals surface area contributed by atoms with Crippen LogP contribution in [0.1, 0.15) is 57.2 Å². The first-order chi connectivity index (χ1) is 14.9. The summed E-state index contributed by atoms with van der Waals surface area (Å²) in [4.78, 5) is 12.7. The molecular weight excluding hydrogens is 419 g/mol. The molecule has 1 aliphatic carbocycles. The summed E-state index contributed by atoms with van der Waals surface area (Å²) < 4.78 is 28.7. The van der Waals surface area contributed by atoms with Crippen molar-refractivity contribution in [2.24, 2.45) is 5.92 Å². The van der Waals surface area contributed by atoms with Crippen LogP contribution in [0.15, 0.2) is 36.7 Å². The first kappa shape index (κ1) is 26.1. The fraction of sp³-hybridized carbons (Fsp3) is 0.417. The van der Waals surface area contributed by atoms with Gasteiger partial charge in [-0.1, -0.05) is 52.1 Å². The van der Waals surface area contributed by atoms with Crippen molar-refractivity contribution in [3.8, 4) is 6.07 Å². The number of fused-ring (bicyclic) bond motifs is 1. The zero-order valence-corrected chi connectivity index (χ0v) is 21.2. The van der Waals surface area contributed by atoms with Gasteiger partial charge in [0.25, 0.3) is 5.92 Å². The zero-order valence-electron chi connectivity index (χ0n) is 19.2. The number of pyridine rings is 1. The van der Waals surface area contributed by atoms with Crippen LogP contribution in [-0.4, -0.2) is 15.0 Å². The van der Waals surface area contributed by atoms with Gasteiger partial charge in [0.15, 0.2) is 0 Å². The molecule has 1 aromatic carbocycles. The van der Waals surface area contributed by atoms with Gasteiger partial charge in [0.2, 0.25) is 0 Å². The Morgan fingerprint density at radius 2 is 1.94 bits per heavy atom. The molecule has 4 rings (SSSR count). The SMILES string of the molecule is CC.CC(C)C(F)(F)c1cccc(CNc2ncnc3n[c-]c(C4(C#N)CC4)cc23)c1.[Na+]. The first-order valence-corrected chi connectivity index (χ1v) is 10.5. The summed E-state index contributed by atoms with van der Waals surface area (Å²) in [5.41, 5.74) is 1.43. The molecule has 32 heavy (non-hydrogen) atoms. The molecule has 1 saturated carbocycles. The standard InChI is InChI=1S/C22H20F2N5.C2H6.Na/c1-14(2)22(23,24)16-5-3-4-15(8-16)10-26-19-18-9-17(21(12-25)6-7-21)11-27-20(18)29-13-28-19;1-2;/h3-5,8-9,13-14H,6-7,10H2,1-2H3,(H,26,27,28,29);1-2H3;/q-1;;+1. The molecule has 0 bridgehead atoms. The molecule has 2 heterocycles. The molecule has 8 heteroatoms. The molecule has 1 aliphatic rings. The number of alkyl halides is 2. The van der Waals surface area contributed by atoms with E-state index in [0.717, 1.165) is 24.0 Å². The smallest absolute Gasteiger partial charge is 0.369 e. The number of nitrogens with one attached hydrogen (secondary N) is 1. The van der Waals surface area contributed by atoms with Crippen molar-refractivity contribution in [1.29, 1.82) is 5.26 Å². The Hall–Kier alpha value is -2.14. The van der Waals surface area contributed by atoms with Gasteiger partial charge in [0.05, 0.1) is 17.1 Å². The minimum Gasteiger partial charge on any atom is -0.369 e. The molecular formula is C24H26F2N5Na.